The Morgan fingerprint density at radius 3 is 2.65 bits per heavy atom. The van der Waals surface area contributed by atoms with Crippen molar-refractivity contribution < 1.29 is 9.53 Å². The van der Waals surface area contributed by atoms with Crippen molar-refractivity contribution in [2.24, 2.45) is 0 Å². The van der Waals surface area contributed by atoms with Gasteiger partial charge >= 0.3 is 0 Å². The molecule has 5 nitrogen and oxygen atoms in total. The number of Topliss-reactive ketones (excluding diaryl/α,β-unsaturated/α-hetero) is 1. The minimum atomic E-state index is 0.132. The Morgan fingerprint density at radius 2 is 2.05 bits per heavy atom. The molecule has 1 atom stereocenters. The molecule has 0 spiro atoms. The molecule has 20 heavy (non-hydrogen) atoms. The number of likely N-dealkylation sites (tertiary alicyclic amines) is 1. The van der Waals surface area contributed by atoms with Gasteiger partial charge in [-0.3, -0.25) is 4.79 Å². The second-order valence-corrected chi connectivity index (χ2v) is 5.16. The van der Waals surface area contributed by atoms with Crippen molar-refractivity contribution in [3.8, 4) is 5.75 Å². The Balaban J connectivity index is 2.33. The number of nitrogens with zero attached hydrogens (tertiary/aromatic N) is 1. The summed E-state index contributed by atoms with van der Waals surface area (Å²) in [5.41, 5.74) is 14.3. The first-order valence-corrected chi connectivity index (χ1v) is 6.64. The molecule has 0 unspecified atom stereocenters. The number of nitrogens with two attached hydrogens (primary N) is 2. The topological polar surface area (TPSA) is 81.6 Å². The van der Waals surface area contributed by atoms with Crippen molar-refractivity contribution >= 4 is 22.9 Å². The predicted molar refractivity (Wildman–Crippen MR) is 81.3 cm³/mol. The van der Waals surface area contributed by atoms with Crippen LogP contribution in [0.1, 0.15) is 25.3 Å². The van der Waals surface area contributed by atoms with Crippen molar-refractivity contribution in [3.05, 3.63) is 24.3 Å². The number of hydrogen-bond acceptors (Lipinski definition) is 5. The van der Waals surface area contributed by atoms with Crippen LogP contribution in [0, 0.1) is 0 Å². The number of carbonyl (C=O) groups is 1. The number of nitrogen functional groups attached to an aromatic ring is 2. The molecule has 0 aliphatic carbocycles. The summed E-state index contributed by atoms with van der Waals surface area (Å²) in [6.45, 7) is 6.84. The van der Waals surface area contributed by atoms with E-state index in [4.69, 9.17) is 16.2 Å². The summed E-state index contributed by atoms with van der Waals surface area (Å²) < 4.78 is 5.36. The molecule has 5 heteroatoms. The fourth-order valence-corrected chi connectivity index (χ4v) is 2.57. The summed E-state index contributed by atoms with van der Waals surface area (Å²) in [7, 11) is 1.59. The molecule has 108 valence electrons. The number of benzene rings is 1. The zero-order valence-corrected chi connectivity index (χ0v) is 12.0. The van der Waals surface area contributed by atoms with Crippen LogP contribution in [0.4, 0.5) is 11.4 Å². The molecular weight excluding hydrogens is 254 g/mol. The molecule has 1 aromatic carbocycles. The Labute approximate surface area is 119 Å². The summed E-state index contributed by atoms with van der Waals surface area (Å²) in [5, 5.41) is 0. The van der Waals surface area contributed by atoms with Crippen molar-refractivity contribution in [2.75, 3.05) is 25.1 Å². The molecule has 0 aromatic heterocycles. The van der Waals surface area contributed by atoms with E-state index >= 15 is 0 Å². The van der Waals surface area contributed by atoms with Gasteiger partial charge in [-0.2, -0.15) is 0 Å². The van der Waals surface area contributed by atoms with E-state index in [2.05, 4.69) is 11.5 Å². The van der Waals surface area contributed by atoms with Gasteiger partial charge in [0.05, 0.1) is 18.5 Å². The maximum atomic E-state index is 11.5. The lowest BCUT2D eigenvalue weighted by Gasteiger charge is -2.36. The highest BCUT2D eigenvalue weighted by Crippen LogP contribution is 2.35. The third-order valence-electron chi connectivity index (χ3n) is 3.75. The van der Waals surface area contributed by atoms with Gasteiger partial charge in [0.2, 0.25) is 0 Å². The Morgan fingerprint density at radius 1 is 1.40 bits per heavy atom. The number of carbonyl (C=O) groups excluding carboxylic acids is 1. The van der Waals surface area contributed by atoms with Gasteiger partial charge in [-0.25, -0.2) is 0 Å². The summed E-state index contributed by atoms with van der Waals surface area (Å²) >= 11 is 0. The highest BCUT2D eigenvalue weighted by Gasteiger charge is 2.26. The third kappa shape index (κ3) is 2.57. The fourth-order valence-electron chi connectivity index (χ4n) is 2.57. The molecule has 1 saturated heterocycles. The van der Waals surface area contributed by atoms with E-state index in [9.17, 15) is 4.79 Å². The molecule has 1 fully saturated rings. The van der Waals surface area contributed by atoms with Crippen molar-refractivity contribution in [2.45, 2.75) is 25.8 Å². The van der Waals surface area contributed by atoms with Gasteiger partial charge in [0.1, 0.15) is 11.5 Å². The smallest absolute Gasteiger partial charge is 0.136 e. The standard InChI is InChI=1S/C15H21N3O2/c1-9-6-11(19)4-5-18(9)10(2)12-7-13(16)14(17)8-15(12)20-3/h7-9H,2,4-6,16-17H2,1,3H3/t9-/m1/s1. The fraction of sp³-hybridized carbons (Fsp3) is 0.400. The molecule has 2 rings (SSSR count). The highest BCUT2D eigenvalue weighted by atomic mass is 16.5. The largest absolute Gasteiger partial charge is 0.496 e. The molecule has 4 N–H and O–H groups in total. The number of ketones is 1. The monoisotopic (exact) mass is 275 g/mol. The summed E-state index contributed by atoms with van der Waals surface area (Å²) in [5.74, 6) is 0.941. The van der Waals surface area contributed by atoms with Gasteiger partial charge in [-0.05, 0) is 13.0 Å². The Kier molecular flexibility index (Phi) is 3.88. The lowest BCUT2D eigenvalue weighted by atomic mass is 9.99. The summed E-state index contributed by atoms with van der Waals surface area (Å²) in [6.07, 6.45) is 1.10. The van der Waals surface area contributed by atoms with Gasteiger partial charge < -0.3 is 21.1 Å². The number of piperidine rings is 1. The van der Waals surface area contributed by atoms with Crippen LogP contribution in [0.25, 0.3) is 5.70 Å². The molecule has 1 aromatic rings. The number of hydrogen-bond donors (Lipinski definition) is 2. The first kappa shape index (κ1) is 14.2. The van der Waals surface area contributed by atoms with Gasteiger partial charge in [0.25, 0.3) is 0 Å². The van der Waals surface area contributed by atoms with Gasteiger partial charge in [0.15, 0.2) is 0 Å². The minimum Gasteiger partial charge on any atom is -0.496 e. The number of anilines is 2. The van der Waals surface area contributed by atoms with Crippen LogP contribution in [0.5, 0.6) is 5.75 Å². The maximum Gasteiger partial charge on any atom is 0.136 e. The van der Waals surface area contributed by atoms with Crippen molar-refractivity contribution in [1.29, 1.82) is 0 Å². The highest BCUT2D eigenvalue weighted by molar-refractivity contribution is 5.82. The van der Waals surface area contributed by atoms with Crippen LogP contribution in [0.15, 0.2) is 18.7 Å². The Hall–Kier alpha value is -2.17. The first-order valence-electron chi connectivity index (χ1n) is 6.64. The van der Waals surface area contributed by atoms with Crippen LogP contribution in [0.3, 0.4) is 0 Å². The van der Waals surface area contributed by atoms with Crippen LogP contribution in [-0.4, -0.2) is 30.4 Å². The molecule has 0 radical (unpaired) electrons. The summed E-state index contributed by atoms with van der Waals surface area (Å²) in [4.78, 5) is 13.6. The van der Waals surface area contributed by atoms with Crippen LogP contribution >= 0.6 is 0 Å². The SMILES string of the molecule is C=C(c1cc(N)c(N)cc1OC)N1CCC(=O)C[C@H]1C. The molecule has 1 heterocycles. The van der Waals surface area contributed by atoms with E-state index in [1.54, 1.807) is 19.2 Å². The maximum absolute atomic E-state index is 11.5. The summed E-state index contributed by atoms with van der Waals surface area (Å²) in [6, 6.07) is 3.61. The van der Waals surface area contributed by atoms with E-state index in [0.29, 0.717) is 42.3 Å². The van der Waals surface area contributed by atoms with Crippen LogP contribution in [-0.2, 0) is 4.79 Å². The molecular formula is C15H21N3O2. The first-order chi connectivity index (χ1) is 9.43. The normalized spacial score (nSPS) is 19.0. The van der Waals surface area contributed by atoms with Crippen LogP contribution < -0.4 is 16.2 Å². The molecule has 0 bridgehead atoms. The number of rotatable bonds is 3. The lowest BCUT2D eigenvalue weighted by Crippen LogP contribution is -2.39. The van der Waals surface area contributed by atoms with E-state index in [1.807, 2.05) is 6.92 Å². The van der Waals surface area contributed by atoms with Crippen LogP contribution in [0.2, 0.25) is 0 Å². The average Bonchev–Trinajstić information content (AvgIpc) is 2.40. The lowest BCUT2D eigenvalue weighted by molar-refractivity contribution is -0.122. The quantitative estimate of drug-likeness (QED) is 0.823. The predicted octanol–water partition coefficient (Wildman–Crippen LogP) is 1.88. The van der Waals surface area contributed by atoms with Crippen molar-refractivity contribution in [3.63, 3.8) is 0 Å². The zero-order chi connectivity index (χ0) is 14.9. The average molecular weight is 275 g/mol. The minimum absolute atomic E-state index is 0.132. The third-order valence-corrected chi connectivity index (χ3v) is 3.75. The van der Waals surface area contributed by atoms with Gasteiger partial charge in [0, 0.05) is 42.8 Å². The zero-order valence-electron chi connectivity index (χ0n) is 12.0. The molecule has 1 aliphatic rings. The molecule has 0 amide bonds. The van der Waals surface area contributed by atoms with Gasteiger partial charge in [-0.1, -0.05) is 6.58 Å². The number of ether oxygens (including phenoxy) is 1. The van der Waals surface area contributed by atoms with Gasteiger partial charge in [-0.15, -0.1) is 0 Å². The second-order valence-electron chi connectivity index (χ2n) is 5.16. The van der Waals surface area contributed by atoms with Crippen molar-refractivity contribution in [1.82, 2.24) is 4.90 Å². The van der Waals surface area contributed by atoms with E-state index in [1.165, 1.54) is 0 Å². The number of methoxy groups -OCH3 is 1. The molecule has 0 saturated carbocycles. The van der Waals surface area contributed by atoms with E-state index in [-0.39, 0.29) is 6.04 Å². The second kappa shape index (κ2) is 5.45. The van der Waals surface area contributed by atoms with E-state index in [0.717, 1.165) is 11.3 Å². The van der Waals surface area contributed by atoms with E-state index < -0.39 is 0 Å². The Bertz CT molecular complexity index is 554. The molecule has 1 aliphatic heterocycles.